The maximum atomic E-state index is 12.1. The van der Waals surface area contributed by atoms with E-state index in [0.29, 0.717) is 25.5 Å². The topological polar surface area (TPSA) is 77.7 Å². The van der Waals surface area contributed by atoms with Gasteiger partial charge in [-0.1, -0.05) is 0 Å². The standard InChI is InChI=1S/C15H23N3O3/c1-10-7-11(8-17-13(10)16)12-9-18(5-6-20-12)14(19)21-15(2,3)4/h7-8,12H,5-6,9H2,1-4H3,(H2,16,17). The number of nitrogens with two attached hydrogens (primary N) is 1. The van der Waals surface area contributed by atoms with Crippen LogP contribution in [0.5, 0.6) is 0 Å². The van der Waals surface area contributed by atoms with Crippen molar-refractivity contribution in [2.45, 2.75) is 39.4 Å². The molecule has 1 fully saturated rings. The van der Waals surface area contributed by atoms with E-state index in [2.05, 4.69) is 4.98 Å². The first-order valence-corrected chi connectivity index (χ1v) is 7.08. The van der Waals surface area contributed by atoms with Gasteiger partial charge in [-0.2, -0.15) is 0 Å². The molecule has 1 saturated heterocycles. The zero-order valence-corrected chi connectivity index (χ0v) is 13.0. The molecular formula is C15H23N3O3. The minimum absolute atomic E-state index is 0.196. The highest BCUT2D eigenvalue weighted by Gasteiger charge is 2.29. The Hall–Kier alpha value is -1.82. The maximum absolute atomic E-state index is 12.1. The van der Waals surface area contributed by atoms with Gasteiger partial charge in [0.2, 0.25) is 0 Å². The molecule has 1 aromatic heterocycles. The Morgan fingerprint density at radius 3 is 2.86 bits per heavy atom. The van der Waals surface area contributed by atoms with Gasteiger partial charge in [-0.05, 0) is 39.3 Å². The summed E-state index contributed by atoms with van der Waals surface area (Å²) in [6.07, 6.45) is 1.19. The Kier molecular flexibility index (Phi) is 4.37. The fourth-order valence-electron chi connectivity index (χ4n) is 2.13. The molecule has 0 aromatic carbocycles. The minimum Gasteiger partial charge on any atom is -0.444 e. The summed E-state index contributed by atoms with van der Waals surface area (Å²) in [5.74, 6) is 0.513. The van der Waals surface area contributed by atoms with Gasteiger partial charge < -0.3 is 20.1 Å². The number of pyridine rings is 1. The van der Waals surface area contributed by atoms with Gasteiger partial charge >= 0.3 is 6.09 Å². The zero-order chi connectivity index (χ0) is 15.6. The number of nitrogens with zero attached hydrogens (tertiary/aromatic N) is 2. The average molecular weight is 293 g/mol. The Morgan fingerprint density at radius 1 is 1.52 bits per heavy atom. The van der Waals surface area contributed by atoms with Crippen LogP contribution in [0.2, 0.25) is 0 Å². The molecule has 0 radical (unpaired) electrons. The summed E-state index contributed by atoms with van der Waals surface area (Å²) in [6.45, 7) is 8.95. The van der Waals surface area contributed by atoms with Gasteiger partial charge in [0.05, 0.1) is 13.2 Å². The molecule has 2 N–H and O–H groups in total. The van der Waals surface area contributed by atoms with Crippen LogP contribution in [0.15, 0.2) is 12.3 Å². The van der Waals surface area contributed by atoms with Crippen molar-refractivity contribution >= 4 is 11.9 Å². The summed E-state index contributed by atoms with van der Waals surface area (Å²) in [4.78, 5) is 17.9. The van der Waals surface area contributed by atoms with Gasteiger partial charge in [0.15, 0.2) is 0 Å². The lowest BCUT2D eigenvalue weighted by Crippen LogP contribution is -2.44. The van der Waals surface area contributed by atoms with Crippen molar-refractivity contribution < 1.29 is 14.3 Å². The van der Waals surface area contributed by atoms with Crippen molar-refractivity contribution in [1.29, 1.82) is 0 Å². The van der Waals surface area contributed by atoms with E-state index in [1.807, 2.05) is 33.8 Å². The predicted octanol–water partition coefficient (Wildman–Crippen LogP) is 2.28. The second-order valence-electron chi connectivity index (χ2n) is 6.26. The number of aromatic nitrogens is 1. The summed E-state index contributed by atoms with van der Waals surface area (Å²) in [6, 6.07) is 1.95. The quantitative estimate of drug-likeness (QED) is 0.859. The normalized spacial score (nSPS) is 19.4. The SMILES string of the molecule is Cc1cc(C2CN(C(=O)OC(C)(C)C)CCO2)cnc1N. The van der Waals surface area contributed by atoms with Crippen molar-refractivity contribution in [3.05, 3.63) is 23.4 Å². The highest BCUT2D eigenvalue weighted by atomic mass is 16.6. The summed E-state index contributed by atoms with van der Waals surface area (Å²) in [5.41, 5.74) is 7.06. The average Bonchev–Trinajstić information content (AvgIpc) is 2.40. The minimum atomic E-state index is -0.496. The van der Waals surface area contributed by atoms with Crippen LogP contribution in [-0.2, 0) is 9.47 Å². The van der Waals surface area contributed by atoms with Gasteiger partial charge in [0.25, 0.3) is 0 Å². The Bertz CT molecular complexity index is 525. The number of rotatable bonds is 1. The number of amides is 1. The first-order valence-electron chi connectivity index (χ1n) is 7.08. The van der Waals surface area contributed by atoms with Crippen LogP contribution in [-0.4, -0.2) is 41.3 Å². The summed E-state index contributed by atoms with van der Waals surface area (Å²) >= 11 is 0. The summed E-state index contributed by atoms with van der Waals surface area (Å²) in [7, 11) is 0. The third-order valence-electron chi connectivity index (χ3n) is 3.23. The molecule has 0 aliphatic carbocycles. The molecule has 6 heteroatoms. The van der Waals surface area contributed by atoms with Crippen LogP contribution in [0.3, 0.4) is 0 Å². The van der Waals surface area contributed by atoms with Gasteiger partial charge in [-0.3, -0.25) is 0 Å². The molecule has 1 aliphatic heterocycles. The molecule has 2 rings (SSSR count). The van der Waals surface area contributed by atoms with Gasteiger partial charge in [-0.25, -0.2) is 9.78 Å². The van der Waals surface area contributed by atoms with Crippen LogP contribution in [0.25, 0.3) is 0 Å². The molecule has 1 amide bonds. The second kappa shape index (κ2) is 5.89. The van der Waals surface area contributed by atoms with E-state index in [1.165, 1.54) is 0 Å². The van der Waals surface area contributed by atoms with Crippen molar-refractivity contribution in [1.82, 2.24) is 9.88 Å². The second-order valence-corrected chi connectivity index (χ2v) is 6.26. The molecule has 2 heterocycles. The molecule has 0 bridgehead atoms. The Labute approximate surface area is 125 Å². The van der Waals surface area contributed by atoms with E-state index in [4.69, 9.17) is 15.2 Å². The zero-order valence-electron chi connectivity index (χ0n) is 13.0. The number of aryl methyl sites for hydroxylation is 1. The number of carbonyl (C=O) groups excluding carboxylic acids is 1. The smallest absolute Gasteiger partial charge is 0.410 e. The molecule has 1 aromatic rings. The van der Waals surface area contributed by atoms with Crippen LogP contribution in [0, 0.1) is 6.92 Å². The van der Waals surface area contributed by atoms with E-state index < -0.39 is 5.60 Å². The van der Waals surface area contributed by atoms with Crippen LogP contribution < -0.4 is 5.73 Å². The highest BCUT2D eigenvalue weighted by Crippen LogP contribution is 2.24. The molecule has 0 saturated carbocycles. The highest BCUT2D eigenvalue weighted by molar-refractivity contribution is 5.68. The fraction of sp³-hybridized carbons (Fsp3) is 0.600. The monoisotopic (exact) mass is 293 g/mol. The van der Waals surface area contributed by atoms with E-state index >= 15 is 0 Å². The van der Waals surface area contributed by atoms with Gasteiger partial charge in [0.1, 0.15) is 17.5 Å². The van der Waals surface area contributed by atoms with E-state index in [-0.39, 0.29) is 12.2 Å². The van der Waals surface area contributed by atoms with Crippen LogP contribution >= 0.6 is 0 Å². The van der Waals surface area contributed by atoms with E-state index in [0.717, 1.165) is 11.1 Å². The number of ether oxygens (including phenoxy) is 2. The lowest BCUT2D eigenvalue weighted by atomic mass is 10.1. The first kappa shape index (κ1) is 15.6. The van der Waals surface area contributed by atoms with Crippen molar-refractivity contribution in [2.24, 2.45) is 0 Å². The molecule has 1 aliphatic rings. The van der Waals surface area contributed by atoms with E-state index in [1.54, 1.807) is 11.1 Å². The Morgan fingerprint density at radius 2 is 2.24 bits per heavy atom. The van der Waals surface area contributed by atoms with Crippen LogP contribution in [0.1, 0.15) is 38.0 Å². The Balaban J connectivity index is 2.06. The molecule has 116 valence electrons. The lowest BCUT2D eigenvalue weighted by molar-refractivity contribution is -0.0434. The third-order valence-corrected chi connectivity index (χ3v) is 3.23. The lowest BCUT2D eigenvalue weighted by Gasteiger charge is -2.34. The molecule has 1 atom stereocenters. The van der Waals surface area contributed by atoms with Gasteiger partial charge in [0, 0.05) is 18.3 Å². The summed E-state index contributed by atoms with van der Waals surface area (Å²) in [5, 5.41) is 0. The molecule has 0 spiro atoms. The number of anilines is 1. The molecule has 1 unspecified atom stereocenters. The van der Waals surface area contributed by atoms with Crippen LogP contribution in [0.4, 0.5) is 10.6 Å². The number of hydrogen-bond acceptors (Lipinski definition) is 5. The number of nitrogen functional groups attached to an aromatic ring is 1. The van der Waals surface area contributed by atoms with Gasteiger partial charge in [-0.15, -0.1) is 0 Å². The maximum Gasteiger partial charge on any atom is 0.410 e. The molecular weight excluding hydrogens is 270 g/mol. The largest absolute Gasteiger partial charge is 0.444 e. The number of hydrogen-bond donors (Lipinski definition) is 1. The predicted molar refractivity (Wildman–Crippen MR) is 79.9 cm³/mol. The molecule has 6 nitrogen and oxygen atoms in total. The fourth-order valence-corrected chi connectivity index (χ4v) is 2.13. The van der Waals surface area contributed by atoms with E-state index in [9.17, 15) is 4.79 Å². The summed E-state index contributed by atoms with van der Waals surface area (Å²) < 4.78 is 11.1. The first-order chi connectivity index (χ1) is 9.76. The number of carbonyl (C=O) groups is 1. The van der Waals surface area contributed by atoms with Crippen molar-refractivity contribution in [3.63, 3.8) is 0 Å². The van der Waals surface area contributed by atoms with Crippen molar-refractivity contribution in [3.8, 4) is 0 Å². The van der Waals surface area contributed by atoms with Crippen molar-refractivity contribution in [2.75, 3.05) is 25.4 Å². The molecule has 21 heavy (non-hydrogen) atoms. The third kappa shape index (κ3) is 4.07. The number of morpholine rings is 1.